The molecule has 0 saturated carbocycles. The van der Waals surface area contributed by atoms with Crippen LogP contribution in [0.25, 0.3) is 0 Å². The number of hydrogen-bond acceptors (Lipinski definition) is 3. The Morgan fingerprint density at radius 1 is 1.21 bits per heavy atom. The molecule has 2 aliphatic rings. The maximum Gasteiger partial charge on any atom is 0.240 e. The Labute approximate surface area is 113 Å². The molecule has 102 valence electrons. The van der Waals surface area contributed by atoms with Crippen LogP contribution in [0.2, 0.25) is 0 Å². The Bertz CT molecular complexity index is 467. The van der Waals surface area contributed by atoms with Crippen LogP contribution in [0.15, 0.2) is 24.3 Å². The normalized spacial score (nSPS) is 24.1. The first kappa shape index (κ1) is 12.6. The van der Waals surface area contributed by atoms with Crippen molar-refractivity contribution in [3.63, 3.8) is 0 Å². The minimum absolute atomic E-state index is 0.106. The molecular weight excluding hydrogens is 240 g/mol. The Kier molecular flexibility index (Phi) is 3.53. The van der Waals surface area contributed by atoms with Gasteiger partial charge in [-0.2, -0.15) is 0 Å². The van der Waals surface area contributed by atoms with Crippen molar-refractivity contribution in [2.24, 2.45) is 0 Å². The molecule has 0 unspecified atom stereocenters. The fourth-order valence-electron chi connectivity index (χ4n) is 2.94. The summed E-state index contributed by atoms with van der Waals surface area (Å²) in [4.78, 5) is 14.3. The molecule has 1 aromatic rings. The summed E-state index contributed by atoms with van der Waals surface area (Å²) in [7, 11) is 0. The molecule has 0 aromatic heterocycles. The van der Waals surface area contributed by atoms with Crippen LogP contribution >= 0.6 is 0 Å². The van der Waals surface area contributed by atoms with Crippen molar-refractivity contribution in [1.82, 2.24) is 10.2 Å². The Balaban J connectivity index is 1.66. The maximum absolute atomic E-state index is 12.5. The van der Waals surface area contributed by atoms with Gasteiger partial charge in [0.2, 0.25) is 5.91 Å². The first-order valence-corrected chi connectivity index (χ1v) is 7.01. The van der Waals surface area contributed by atoms with E-state index in [1.54, 1.807) is 0 Å². The van der Waals surface area contributed by atoms with Crippen molar-refractivity contribution in [2.75, 3.05) is 13.1 Å². The van der Waals surface area contributed by atoms with Crippen LogP contribution in [-0.4, -0.2) is 41.1 Å². The molecule has 1 aromatic carbocycles. The Morgan fingerprint density at radius 2 is 1.89 bits per heavy atom. The fourth-order valence-corrected chi connectivity index (χ4v) is 2.94. The molecule has 0 spiro atoms. The van der Waals surface area contributed by atoms with E-state index >= 15 is 0 Å². The van der Waals surface area contributed by atoms with E-state index < -0.39 is 0 Å². The number of aliphatic hydroxyl groups is 1. The van der Waals surface area contributed by atoms with E-state index in [4.69, 9.17) is 0 Å². The molecule has 1 atom stereocenters. The average molecular weight is 260 g/mol. The van der Waals surface area contributed by atoms with Crippen molar-refractivity contribution in [3.8, 4) is 0 Å². The van der Waals surface area contributed by atoms with E-state index in [9.17, 15) is 9.90 Å². The number of amides is 1. The summed E-state index contributed by atoms with van der Waals surface area (Å²) >= 11 is 0. The molecule has 4 nitrogen and oxygen atoms in total. The molecule has 2 N–H and O–H groups in total. The number of nitrogens with one attached hydrogen (secondary N) is 1. The number of fused-ring (bicyclic) bond motifs is 1. The standard InChI is InChI=1S/C15H20N2O2/c18-13-5-7-17(8-6-13)15(19)14-9-11-3-1-2-4-12(11)10-16-14/h1-4,13-14,16,18H,5-10H2/t14-/m0/s1. The van der Waals surface area contributed by atoms with Gasteiger partial charge < -0.3 is 15.3 Å². The van der Waals surface area contributed by atoms with E-state index in [0.717, 1.165) is 13.0 Å². The molecule has 2 aliphatic heterocycles. The molecule has 1 saturated heterocycles. The average Bonchev–Trinajstić information content (AvgIpc) is 2.47. The monoisotopic (exact) mass is 260 g/mol. The topological polar surface area (TPSA) is 52.6 Å². The quantitative estimate of drug-likeness (QED) is 0.781. The molecule has 1 amide bonds. The smallest absolute Gasteiger partial charge is 0.240 e. The Hall–Kier alpha value is -1.39. The number of carbonyl (C=O) groups is 1. The van der Waals surface area contributed by atoms with Crippen molar-refractivity contribution in [1.29, 1.82) is 0 Å². The number of carbonyl (C=O) groups excluding carboxylic acids is 1. The summed E-state index contributed by atoms with van der Waals surface area (Å²) in [5, 5.41) is 12.8. The van der Waals surface area contributed by atoms with E-state index in [1.807, 2.05) is 17.0 Å². The molecule has 2 heterocycles. The largest absolute Gasteiger partial charge is 0.393 e. The number of piperidine rings is 1. The van der Waals surface area contributed by atoms with Crippen LogP contribution in [0.5, 0.6) is 0 Å². The summed E-state index contributed by atoms with van der Waals surface area (Å²) in [6, 6.07) is 8.18. The number of rotatable bonds is 1. The second-order valence-electron chi connectivity index (χ2n) is 5.46. The van der Waals surface area contributed by atoms with Crippen LogP contribution in [-0.2, 0) is 17.8 Å². The van der Waals surface area contributed by atoms with Gasteiger partial charge in [-0.15, -0.1) is 0 Å². The summed E-state index contributed by atoms with van der Waals surface area (Å²) in [6.45, 7) is 2.13. The minimum atomic E-state index is -0.232. The van der Waals surface area contributed by atoms with Gasteiger partial charge in [0, 0.05) is 19.6 Å². The Morgan fingerprint density at radius 3 is 2.63 bits per heavy atom. The predicted octanol–water partition coefficient (Wildman–Crippen LogP) is 0.684. The molecule has 0 radical (unpaired) electrons. The van der Waals surface area contributed by atoms with E-state index in [2.05, 4.69) is 17.4 Å². The van der Waals surface area contributed by atoms with Crippen LogP contribution in [0, 0.1) is 0 Å². The fraction of sp³-hybridized carbons (Fsp3) is 0.533. The SMILES string of the molecule is O=C([C@@H]1Cc2ccccc2CN1)N1CCC(O)CC1. The van der Waals surface area contributed by atoms with Gasteiger partial charge in [-0.3, -0.25) is 4.79 Å². The highest BCUT2D eigenvalue weighted by atomic mass is 16.3. The maximum atomic E-state index is 12.5. The summed E-state index contributed by atoms with van der Waals surface area (Å²) in [6.07, 6.45) is 1.95. The molecule has 3 rings (SSSR count). The highest BCUT2D eigenvalue weighted by Crippen LogP contribution is 2.19. The zero-order chi connectivity index (χ0) is 13.2. The second kappa shape index (κ2) is 5.31. The van der Waals surface area contributed by atoms with Crippen molar-refractivity contribution in [2.45, 2.75) is 38.0 Å². The summed E-state index contributed by atoms with van der Waals surface area (Å²) in [5.74, 6) is 0.182. The van der Waals surface area contributed by atoms with Gasteiger partial charge in [-0.25, -0.2) is 0 Å². The molecule has 0 aliphatic carbocycles. The molecular formula is C15H20N2O2. The van der Waals surface area contributed by atoms with Gasteiger partial charge in [-0.05, 0) is 30.4 Å². The third kappa shape index (κ3) is 2.65. The number of hydrogen-bond donors (Lipinski definition) is 2. The minimum Gasteiger partial charge on any atom is -0.393 e. The third-order valence-electron chi connectivity index (χ3n) is 4.16. The number of aliphatic hydroxyl groups excluding tert-OH is 1. The third-order valence-corrected chi connectivity index (χ3v) is 4.16. The van der Waals surface area contributed by atoms with Crippen LogP contribution in [0.3, 0.4) is 0 Å². The highest BCUT2D eigenvalue weighted by Gasteiger charge is 2.29. The second-order valence-corrected chi connectivity index (χ2v) is 5.46. The van der Waals surface area contributed by atoms with E-state index in [1.165, 1.54) is 11.1 Å². The van der Waals surface area contributed by atoms with Gasteiger partial charge >= 0.3 is 0 Å². The van der Waals surface area contributed by atoms with Gasteiger partial charge in [0.05, 0.1) is 12.1 Å². The lowest BCUT2D eigenvalue weighted by atomic mass is 9.94. The molecule has 0 bridgehead atoms. The molecule has 19 heavy (non-hydrogen) atoms. The summed E-state index contributed by atoms with van der Waals surface area (Å²) in [5.41, 5.74) is 2.57. The van der Waals surface area contributed by atoms with Crippen molar-refractivity contribution < 1.29 is 9.90 Å². The first-order valence-electron chi connectivity index (χ1n) is 7.01. The van der Waals surface area contributed by atoms with Gasteiger partial charge in [-0.1, -0.05) is 24.3 Å². The zero-order valence-electron chi connectivity index (χ0n) is 11.0. The van der Waals surface area contributed by atoms with Gasteiger partial charge in [0.25, 0.3) is 0 Å². The van der Waals surface area contributed by atoms with Gasteiger partial charge in [0.15, 0.2) is 0 Å². The van der Waals surface area contributed by atoms with Crippen LogP contribution in [0.4, 0.5) is 0 Å². The number of benzene rings is 1. The van der Waals surface area contributed by atoms with E-state index in [-0.39, 0.29) is 18.1 Å². The zero-order valence-corrected chi connectivity index (χ0v) is 11.0. The van der Waals surface area contributed by atoms with Crippen molar-refractivity contribution >= 4 is 5.91 Å². The first-order chi connectivity index (χ1) is 9.24. The van der Waals surface area contributed by atoms with E-state index in [0.29, 0.717) is 25.9 Å². The van der Waals surface area contributed by atoms with Crippen molar-refractivity contribution in [3.05, 3.63) is 35.4 Å². The lowest BCUT2D eigenvalue weighted by molar-refractivity contribution is -0.135. The molecule has 1 fully saturated rings. The lowest BCUT2D eigenvalue weighted by Crippen LogP contribution is -2.51. The lowest BCUT2D eigenvalue weighted by Gasteiger charge is -2.34. The highest BCUT2D eigenvalue weighted by molar-refractivity contribution is 5.82. The van der Waals surface area contributed by atoms with Gasteiger partial charge in [0.1, 0.15) is 0 Å². The van der Waals surface area contributed by atoms with Crippen LogP contribution < -0.4 is 5.32 Å². The van der Waals surface area contributed by atoms with Crippen LogP contribution in [0.1, 0.15) is 24.0 Å². The number of nitrogens with zero attached hydrogens (tertiary/aromatic N) is 1. The predicted molar refractivity (Wildman–Crippen MR) is 72.6 cm³/mol. The number of likely N-dealkylation sites (tertiary alicyclic amines) is 1. The summed E-state index contributed by atoms with van der Waals surface area (Å²) < 4.78 is 0. The molecule has 4 heteroatoms.